The summed E-state index contributed by atoms with van der Waals surface area (Å²) in [6.07, 6.45) is 0. The lowest BCUT2D eigenvalue weighted by Crippen LogP contribution is -2.32. The monoisotopic (exact) mass is 238 g/mol. The zero-order valence-corrected chi connectivity index (χ0v) is 9.44. The first-order valence-electron chi connectivity index (χ1n) is 3.94. The number of carboxylic acid groups (broad SMARTS) is 1. The molecule has 0 aromatic rings. The second kappa shape index (κ2) is 7.10. The molecule has 0 bridgehead atoms. The van der Waals surface area contributed by atoms with Crippen LogP contribution in [0.15, 0.2) is 0 Å². The number of aliphatic carboxylic acids is 1. The van der Waals surface area contributed by atoms with Gasteiger partial charge in [-0.25, -0.2) is 0 Å². The van der Waals surface area contributed by atoms with Gasteiger partial charge < -0.3 is 16.6 Å². The third-order valence-corrected chi connectivity index (χ3v) is 3.89. The molecule has 5 nitrogen and oxygen atoms in total. The molecule has 0 aliphatic carbocycles. The van der Waals surface area contributed by atoms with Crippen LogP contribution in [0.1, 0.15) is 6.92 Å². The van der Waals surface area contributed by atoms with E-state index in [-0.39, 0.29) is 5.78 Å². The Bertz CT molecular complexity index is 191. The number of ketones is 1. The second-order valence-electron chi connectivity index (χ2n) is 2.73. The number of rotatable bonds is 7. The Balaban J connectivity index is 3.47. The Kier molecular flexibility index (Phi) is 6.98. The zero-order valence-electron chi connectivity index (χ0n) is 7.80. The highest BCUT2D eigenvalue weighted by molar-refractivity contribution is 8.76. The van der Waals surface area contributed by atoms with Gasteiger partial charge in [0, 0.05) is 11.5 Å². The van der Waals surface area contributed by atoms with Gasteiger partial charge in [0.2, 0.25) is 0 Å². The van der Waals surface area contributed by atoms with E-state index in [1.165, 1.54) is 28.5 Å². The molecule has 0 spiro atoms. The number of nitrogens with two attached hydrogens (primary N) is 2. The van der Waals surface area contributed by atoms with E-state index < -0.39 is 18.1 Å². The van der Waals surface area contributed by atoms with Gasteiger partial charge >= 0.3 is 5.97 Å². The van der Waals surface area contributed by atoms with Gasteiger partial charge in [-0.15, -0.1) is 0 Å². The number of hydrogen-bond acceptors (Lipinski definition) is 6. The topological polar surface area (TPSA) is 106 Å². The van der Waals surface area contributed by atoms with Crippen molar-refractivity contribution in [2.75, 3.05) is 11.5 Å². The highest BCUT2D eigenvalue weighted by atomic mass is 33.1. The van der Waals surface area contributed by atoms with Crippen LogP contribution >= 0.6 is 21.6 Å². The van der Waals surface area contributed by atoms with E-state index in [0.717, 1.165) is 0 Å². The van der Waals surface area contributed by atoms with E-state index in [1.54, 1.807) is 0 Å². The molecule has 14 heavy (non-hydrogen) atoms. The lowest BCUT2D eigenvalue weighted by Gasteiger charge is -2.07. The molecule has 0 saturated carbocycles. The quantitative estimate of drug-likeness (QED) is 0.413. The summed E-state index contributed by atoms with van der Waals surface area (Å²) < 4.78 is 0. The Morgan fingerprint density at radius 2 is 1.64 bits per heavy atom. The molecule has 0 rings (SSSR count). The van der Waals surface area contributed by atoms with Gasteiger partial charge in [0.05, 0.1) is 6.04 Å². The number of carboxylic acids is 1. The van der Waals surface area contributed by atoms with Crippen LogP contribution in [-0.4, -0.2) is 40.4 Å². The average Bonchev–Trinajstić information content (AvgIpc) is 2.11. The standard InChI is InChI=1S/C7H14N2O3S2/c1-4(10)5(8)2-13-14-3-6(9)7(11)12/h5-6H,2-3,8-9H2,1H3,(H,11,12)/t5-,6+/m0/s1. The minimum absolute atomic E-state index is 0.0689. The maximum Gasteiger partial charge on any atom is 0.321 e. The first-order valence-corrected chi connectivity index (χ1v) is 6.42. The summed E-state index contributed by atoms with van der Waals surface area (Å²) in [7, 11) is 2.68. The van der Waals surface area contributed by atoms with Crippen molar-refractivity contribution in [3.63, 3.8) is 0 Å². The van der Waals surface area contributed by atoms with Crippen molar-refractivity contribution in [1.29, 1.82) is 0 Å². The highest BCUT2D eigenvalue weighted by Gasteiger charge is 2.12. The van der Waals surface area contributed by atoms with Crippen LogP contribution in [0.3, 0.4) is 0 Å². The van der Waals surface area contributed by atoms with Crippen LogP contribution in [0, 0.1) is 0 Å². The number of Topliss-reactive ketones (excluding diaryl/α,β-unsaturated/α-hetero) is 1. The van der Waals surface area contributed by atoms with Crippen molar-refractivity contribution < 1.29 is 14.7 Å². The molecule has 0 aromatic heterocycles. The molecule has 7 heteroatoms. The molecule has 82 valence electrons. The average molecular weight is 238 g/mol. The Morgan fingerprint density at radius 1 is 1.21 bits per heavy atom. The smallest absolute Gasteiger partial charge is 0.321 e. The van der Waals surface area contributed by atoms with Crippen molar-refractivity contribution in [2.24, 2.45) is 11.5 Å². The molecule has 0 aliphatic heterocycles. The largest absolute Gasteiger partial charge is 0.480 e. The number of hydrogen-bond donors (Lipinski definition) is 3. The maximum atomic E-state index is 10.7. The third-order valence-electron chi connectivity index (χ3n) is 1.42. The molecule has 0 saturated heterocycles. The summed E-state index contributed by atoms with van der Waals surface area (Å²) in [5.41, 5.74) is 10.7. The number of carbonyl (C=O) groups is 2. The molecule has 2 atom stereocenters. The van der Waals surface area contributed by atoms with Crippen LogP contribution < -0.4 is 11.5 Å². The van der Waals surface area contributed by atoms with Gasteiger partial charge in [-0.05, 0) is 6.92 Å². The first kappa shape index (κ1) is 13.8. The lowest BCUT2D eigenvalue weighted by molar-refractivity contribution is -0.137. The van der Waals surface area contributed by atoms with Crippen LogP contribution in [0.4, 0.5) is 0 Å². The van der Waals surface area contributed by atoms with Crippen LogP contribution in [0.2, 0.25) is 0 Å². The first-order chi connectivity index (χ1) is 6.45. The summed E-state index contributed by atoms with van der Waals surface area (Å²) in [6, 6.07) is -1.34. The van der Waals surface area contributed by atoms with Crippen LogP contribution in [0.25, 0.3) is 0 Å². The molecule has 5 N–H and O–H groups in total. The summed E-state index contributed by atoms with van der Waals surface area (Å²) in [4.78, 5) is 21.0. The molecule has 0 radical (unpaired) electrons. The fourth-order valence-corrected chi connectivity index (χ4v) is 2.75. The van der Waals surface area contributed by atoms with Gasteiger partial charge in [-0.2, -0.15) is 0 Å². The van der Waals surface area contributed by atoms with Gasteiger partial charge in [-0.3, -0.25) is 9.59 Å². The highest BCUT2D eigenvalue weighted by Crippen LogP contribution is 2.22. The Morgan fingerprint density at radius 3 is 2.00 bits per heavy atom. The van der Waals surface area contributed by atoms with Gasteiger partial charge in [0.25, 0.3) is 0 Å². The molecule has 0 aromatic carbocycles. The third kappa shape index (κ3) is 6.25. The maximum absolute atomic E-state index is 10.7. The predicted molar refractivity (Wildman–Crippen MR) is 59.2 cm³/mol. The van der Waals surface area contributed by atoms with Crippen molar-refractivity contribution in [3.8, 4) is 0 Å². The second-order valence-corrected chi connectivity index (χ2v) is 5.28. The minimum Gasteiger partial charge on any atom is -0.480 e. The summed E-state index contributed by atoms with van der Waals surface area (Å²) >= 11 is 0. The Labute approximate surface area is 90.4 Å². The van der Waals surface area contributed by atoms with Crippen molar-refractivity contribution >= 4 is 33.3 Å². The summed E-state index contributed by atoms with van der Waals surface area (Å²) in [6.45, 7) is 1.43. The van der Waals surface area contributed by atoms with E-state index >= 15 is 0 Å². The molecular formula is C7H14N2O3S2. The van der Waals surface area contributed by atoms with E-state index in [1.807, 2.05) is 0 Å². The van der Waals surface area contributed by atoms with E-state index in [4.69, 9.17) is 16.6 Å². The fourth-order valence-electron chi connectivity index (χ4n) is 0.431. The fraction of sp³-hybridized carbons (Fsp3) is 0.714. The number of carbonyl (C=O) groups excluding carboxylic acids is 1. The van der Waals surface area contributed by atoms with Gasteiger partial charge in [-0.1, -0.05) is 21.6 Å². The SMILES string of the molecule is CC(=O)[C@@H](N)CSSC[C@@H](N)C(=O)O. The molecule has 0 aliphatic rings. The van der Waals surface area contributed by atoms with E-state index in [9.17, 15) is 9.59 Å². The molecule has 0 amide bonds. The van der Waals surface area contributed by atoms with Gasteiger partial charge in [0.1, 0.15) is 11.8 Å². The Hall–Kier alpha value is -0.240. The van der Waals surface area contributed by atoms with E-state index in [0.29, 0.717) is 11.5 Å². The normalized spacial score (nSPS) is 14.8. The summed E-state index contributed by atoms with van der Waals surface area (Å²) in [5.74, 6) is -0.300. The molecule has 0 unspecified atom stereocenters. The van der Waals surface area contributed by atoms with Crippen LogP contribution in [0.5, 0.6) is 0 Å². The van der Waals surface area contributed by atoms with Gasteiger partial charge in [0.15, 0.2) is 0 Å². The summed E-state index contributed by atoms with van der Waals surface area (Å²) in [5, 5.41) is 8.45. The molecular weight excluding hydrogens is 224 g/mol. The minimum atomic E-state index is -1.02. The predicted octanol–water partition coefficient (Wildman–Crippen LogP) is -0.304. The van der Waals surface area contributed by atoms with E-state index in [2.05, 4.69) is 0 Å². The van der Waals surface area contributed by atoms with Crippen molar-refractivity contribution in [3.05, 3.63) is 0 Å². The molecule has 0 heterocycles. The molecule has 0 fully saturated rings. The lowest BCUT2D eigenvalue weighted by atomic mass is 10.3. The van der Waals surface area contributed by atoms with Crippen LogP contribution in [-0.2, 0) is 9.59 Å². The zero-order chi connectivity index (χ0) is 11.1. The van der Waals surface area contributed by atoms with Crippen molar-refractivity contribution in [2.45, 2.75) is 19.0 Å². The van der Waals surface area contributed by atoms with Crippen molar-refractivity contribution in [1.82, 2.24) is 0 Å².